The third-order valence-electron chi connectivity index (χ3n) is 2.67. The van der Waals surface area contributed by atoms with Gasteiger partial charge < -0.3 is 9.47 Å². The third kappa shape index (κ3) is 3.61. The van der Waals surface area contributed by atoms with Gasteiger partial charge in [0.2, 0.25) is 0 Å². The van der Waals surface area contributed by atoms with Crippen LogP contribution in [0.1, 0.15) is 22.8 Å². The van der Waals surface area contributed by atoms with Crippen LogP contribution in [0.5, 0.6) is 11.5 Å². The summed E-state index contributed by atoms with van der Waals surface area (Å²) < 4.78 is 11.5. The molecule has 2 rings (SSSR count). The molecular formula is C16H15BrO3. The van der Waals surface area contributed by atoms with E-state index in [2.05, 4.69) is 15.9 Å². The van der Waals surface area contributed by atoms with E-state index in [4.69, 9.17) is 9.47 Å². The van der Waals surface area contributed by atoms with Gasteiger partial charge in [-0.2, -0.15) is 0 Å². The fraction of sp³-hybridized carbons (Fsp3) is 0.188. The summed E-state index contributed by atoms with van der Waals surface area (Å²) in [4.78, 5) is 12.1. The molecule has 0 amide bonds. The van der Waals surface area contributed by atoms with Crippen LogP contribution in [0.4, 0.5) is 0 Å². The summed E-state index contributed by atoms with van der Waals surface area (Å²) in [6.07, 6.45) is 0. The van der Waals surface area contributed by atoms with Crippen molar-refractivity contribution < 1.29 is 14.3 Å². The number of esters is 1. The molecule has 0 saturated carbocycles. The summed E-state index contributed by atoms with van der Waals surface area (Å²) in [6.45, 7) is 4.43. The van der Waals surface area contributed by atoms with Crippen molar-refractivity contribution in [2.75, 3.05) is 6.61 Å². The molecule has 0 saturated heterocycles. The number of halogens is 1. The molecule has 0 aromatic heterocycles. The van der Waals surface area contributed by atoms with Gasteiger partial charge in [-0.25, -0.2) is 4.79 Å². The number of benzene rings is 2. The van der Waals surface area contributed by atoms with Crippen molar-refractivity contribution in [2.45, 2.75) is 13.8 Å². The number of carbonyl (C=O) groups excluding carboxylic acids is 1. The summed E-state index contributed by atoms with van der Waals surface area (Å²) in [5.41, 5.74) is 1.52. The highest BCUT2D eigenvalue weighted by atomic mass is 79.9. The van der Waals surface area contributed by atoms with Gasteiger partial charge in [-0.1, -0.05) is 12.1 Å². The second-order valence-corrected chi connectivity index (χ2v) is 5.14. The Morgan fingerprint density at radius 2 is 2.00 bits per heavy atom. The number of hydrogen-bond acceptors (Lipinski definition) is 3. The molecular weight excluding hydrogens is 320 g/mol. The van der Waals surface area contributed by atoms with E-state index in [0.717, 1.165) is 10.0 Å². The lowest BCUT2D eigenvalue weighted by atomic mass is 10.2. The fourth-order valence-corrected chi connectivity index (χ4v) is 2.24. The van der Waals surface area contributed by atoms with E-state index in [1.54, 1.807) is 24.3 Å². The summed E-state index contributed by atoms with van der Waals surface area (Å²) >= 11 is 3.38. The Bertz CT molecular complexity index is 623. The Labute approximate surface area is 126 Å². The first-order valence-electron chi connectivity index (χ1n) is 6.31. The molecule has 0 unspecified atom stereocenters. The number of rotatable bonds is 4. The molecule has 2 aromatic rings. The SMILES string of the molecule is CCOc1ccc(C(=O)Oc2cccc(C)c2)cc1Br. The highest BCUT2D eigenvalue weighted by Crippen LogP contribution is 2.26. The minimum Gasteiger partial charge on any atom is -0.493 e. The van der Waals surface area contributed by atoms with Gasteiger partial charge in [0.15, 0.2) is 0 Å². The summed E-state index contributed by atoms with van der Waals surface area (Å²) in [7, 11) is 0. The summed E-state index contributed by atoms with van der Waals surface area (Å²) in [5.74, 6) is 0.860. The first kappa shape index (κ1) is 14.6. The smallest absolute Gasteiger partial charge is 0.343 e. The molecule has 3 nitrogen and oxygen atoms in total. The molecule has 0 radical (unpaired) electrons. The van der Waals surface area contributed by atoms with Gasteiger partial charge in [-0.15, -0.1) is 0 Å². The second-order valence-electron chi connectivity index (χ2n) is 4.28. The molecule has 0 heterocycles. The molecule has 0 N–H and O–H groups in total. The Balaban J connectivity index is 2.15. The predicted molar refractivity (Wildman–Crippen MR) is 81.4 cm³/mol. The molecule has 20 heavy (non-hydrogen) atoms. The van der Waals surface area contributed by atoms with Crippen LogP contribution in [0.2, 0.25) is 0 Å². The Hall–Kier alpha value is -1.81. The molecule has 0 bridgehead atoms. The van der Waals surface area contributed by atoms with E-state index in [0.29, 0.717) is 23.7 Å². The van der Waals surface area contributed by atoms with Crippen molar-refractivity contribution in [3.63, 3.8) is 0 Å². The van der Waals surface area contributed by atoms with Crippen LogP contribution in [0.15, 0.2) is 46.9 Å². The second kappa shape index (κ2) is 6.57. The number of carbonyl (C=O) groups is 1. The Morgan fingerprint density at radius 1 is 1.20 bits per heavy atom. The monoisotopic (exact) mass is 334 g/mol. The lowest BCUT2D eigenvalue weighted by Crippen LogP contribution is -2.08. The lowest BCUT2D eigenvalue weighted by Gasteiger charge is -2.08. The number of ether oxygens (including phenoxy) is 2. The van der Waals surface area contributed by atoms with Crippen LogP contribution in [0.3, 0.4) is 0 Å². The molecule has 0 aliphatic carbocycles. The summed E-state index contributed by atoms with van der Waals surface area (Å²) in [5, 5.41) is 0. The van der Waals surface area contributed by atoms with Gasteiger partial charge in [0.05, 0.1) is 16.6 Å². The van der Waals surface area contributed by atoms with Gasteiger partial charge in [0, 0.05) is 0 Å². The molecule has 0 aliphatic heterocycles. The van der Waals surface area contributed by atoms with Gasteiger partial charge in [0.25, 0.3) is 0 Å². The minimum atomic E-state index is -0.389. The standard InChI is InChI=1S/C16H15BrO3/c1-3-19-15-8-7-12(10-14(15)17)16(18)20-13-6-4-5-11(2)9-13/h4-10H,3H2,1-2H3. The first-order chi connectivity index (χ1) is 9.60. The van der Waals surface area contributed by atoms with Crippen LogP contribution in [0.25, 0.3) is 0 Å². The van der Waals surface area contributed by atoms with Crippen molar-refractivity contribution in [1.29, 1.82) is 0 Å². The zero-order chi connectivity index (χ0) is 14.5. The topological polar surface area (TPSA) is 35.5 Å². The lowest BCUT2D eigenvalue weighted by molar-refractivity contribution is 0.0734. The van der Waals surface area contributed by atoms with Crippen molar-refractivity contribution in [3.8, 4) is 11.5 Å². The van der Waals surface area contributed by atoms with E-state index < -0.39 is 0 Å². The number of hydrogen-bond donors (Lipinski definition) is 0. The van der Waals surface area contributed by atoms with Gasteiger partial charge >= 0.3 is 5.97 Å². The third-order valence-corrected chi connectivity index (χ3v) is 3.29. The van der Waals surface area contributed by atoms with Crippen LogP contribution in [-0.4, -0.2) is 12.6 Å². The van der Waals surface area contributed by atoms with E-state index in [1.807, 2.05) is 32.0 Å². The van der Waals surface area contributed by atoms with Crippen LogP contribution >= 0.6 is 15.9 Å². The molecule has 2 aromatic carbocycles. The van der Waals surface area contributed by atoms with Crippen molar-refractivity contribution in [1.82, 2.24) is 0 Å². The van der Waals surface area contributed by atoms with Gasteiger partial charge in [-0.05, 0) is 65.7 Å². The number of aryl methyl sites for hydroxylation is 1. The minimum absolute atomic E-state index is 0.389. The fourth-order valence-electron chi connectivity index (χ4n) is 1.75. The van der Waals surface area contributed by atoms with Crippen molar-refractivity contribution in [2.24, 2.45) is 0 Å². The zero-order valence-corrected chi connectivity index (χ0v) is 12.9. The maximum absolute atomic E-state index is 12.1. The molecule has 0 spiro atoms. The van der Waals surface area contributed by atoms with Crippen molar-refractivity contribution in [3.05, 3.63) is 58.1 Å². The van der Waals surface area contributed by atoms with Gasteiger partial charge in [-0.3, -0.25) is 0 Å². The average Bonchev–Trinajstić information content (AvgIpc) is 2.41. The first-order valence-corrected chi connectivity index (χ1v) is 7.10. The summed E-state index contributed by atoms with van der Waals surface area (Å²) in [6, 6.07) is 12.5. The maximum atomic E-state index is 12.1. The normalized spacial score (nSPS) is 10.2. The molecule has 0 fully saturated rings. The average molecular weight is 335 g/mol. The quantitative estimate of drug-likeness (QED) is 0.615. The van der Waals surface area contributed by atoms with E-state index in [9.17, 15) is 4.79 Å². The highest BCUT2D eigenvalue weighted by molar-refractivity contribution is 9.10. The van der Waals surface area contributed by atoms with Crippen LogP contribution < -0.4 is 9.47 Å². The van der Waals surface area contributed by atoms with Crippen LogP contribution in [-0.2, 0) is 0 Å². The molecule has 0 aliphatic rings. The molecule has 104 valence electrons. The Kier molecular flexibility index (Phi) is 4.79. The zero-order valence-electron chi connectivity index (χ0n) is 11.4. The highest BCUT2D eigenvalue weighted by Gasteiger charge is 2.11. The largest absolute Gasteiger partial charge is 0.493 e. The van der Waals surface area contributed by atoms with Gasteiger partial charge in [0.1, 0.15) is 11.5 Å². The van der Waals surface area contributed by atoms with E-state index >= 15 is 0 Å². The van der Waals surface area contributed by atoms with E-state index in [-0.39, 0.29) is 5.97 Å². The molecule has 4 heteroatoms. The van der Waals surface area contributed by atoms with Crippen molar-refractivity contribution >= 4 is 21.9 Å². The molecule has 0 atom stereocenters. The predicted octanol–water partition coefficient (Wildman–Crippen LogP) is 4.38. The maximum Gasteiger partial charge on any atom is 0.343 e. The van der Waals surface area contributed by atoms with E-state index in [1.165, 1.54) is 0 Å². The Morgan fingerprint density at radius 3 is 2.65 bits per heavy atom. The van der Waals surface area contributed by atoms with Crippen LogP contribution in [0, 0.1) is 6.92 Å².